The van der Waals surface area contributed by atoms with E-state index in [1.54, 1.807) is 0 Å². The molecule has 1 saturated heterocycles. The van der Waals surface area contributed by atoms with E-state index in [0.717, 1.165) is 26.1 Å². The van der Waals surface area contributed by atoms with Crippen LogP contribution < -0.4 is 15.4 Å². The highest BCUT2D eigenvalue weighted by Crippen LogP contribution is 2.19. The van der Waals surface area contributed by atoms with Crippen LogP contribution in [0.25, 0.3) is 0 Å². The third kappa shape index (κ3) is 4.71. The van der Waals surface area contributed by atoms with Crippen molar-refractivity contribution in [2.24, 2.45) is 5.92 Å². The van der Waals surface area contributed by atoms with Crippen molar-refractivity contribution in [3.05, 3.63) is 29.8 Å². The first-order valence-corrected chi connectivity index (χ1v) is 7.96. The monoisotopic (exact) mass is 305 g/mol. The summed E-state index contributed by atoms with van der Waals surface area (Å²) < 4.78 is 5.77. The van der Waals surface area contributed by atoms with E-state index in [0.29, 0.717) is 23.8 Å². The molecule has 0 radical (unpaired) electrons. The molecular formula is C17H27N3O2. The van der Waals surface area contributed by atoms with E-state index in [9.17, 15) is 4.79 Å². The molecule has 2 rings (SSSR count). The van der Waals surface area contributed by atoms with Gasteiger partial charge in [-0.15, -0.1) is 0 Å². The zero-order valence-electron chi connectivity index (χ0n) is 13.8. The number of ether oxygens (including phenoxy) is 1. The van der Waals surface area contributed by atoms with Crippen molar-refractivity contribution in [1.29, 1.82) is 0 Å². The standard InChI is InChI=1S/C17H27N3O2/c1-13-8-9-18-12-15(13)19-17(21)14-6-4-5-7-16(14)22-11-10-20(2)3/h4-7,13,15,18H,8-12H2,1-3H3,(H,19,21). The molecule has 2 unspecified atom stereocenters. The van der Waals surface area contributed by atoms with Gasteiger partial charge in [-0.05, 0) is 45.1 Å². The number of hydrogen-bond acceptors (Lipinski definition) is 4. The normalized spacial score (nSPS) is 21.6. The van der Waals surface area contributed by atoms with Crippen molar-refractivity contribution in [1.82, 2.24) is 15.5 Å². The summed E-state index contributed by atoms with van der Waals surface area (Å²) in [7, 11) is 4.00. The predicted octanol–water partition coefficient (Wildman–Crippen LogP) is 1.35. The second-order valence-corrected chi connectivity index (χ2v) is 6.20. The van der Waals surface area contributed by atoms with Crippen molar-refractivity contribution < 1.29 is 9.53 Å². The molecule has 0 aromatic heterocycles. The molecule has 1 aromatic carbocycles. The van der Waals surface area contributed by atoms with Gasteiger partial charge in [0.05, 0.1) is 5.56 Å². The number of likely N-dealkylation sites (N-methyl/N-ethyl adjacent to an activating group) is 1. The molecular weight excluding hydrogens is 278 g/mol. The number of nitrogens with one attached hydrogen (secondary N) is 2. The molecule has 0 aliphatic carbocycles. The molecule has 1 aromatic rings. The highest BCUT2D eigenvalue weighted by Gasteiger charge is 2.24. The van der Waals surface area contributed by atoms with Crippen LogP contribution in [0.4, 0.5) is 0 Å². The van der Waals surface area contributed by atoms with Crippen molar-refractivity contribution in [2.75, 3.05) is 40.3 Å². The topological polar surface area (TPSA) is 53.6 Å². The molecule has 5 heteroatoms. The Morgan fingerprint density at radius 2 is 2.18 bits per heavy atom. The van der Waals surface area contributed by atoms with Crippen molar-refractivity contribution in [3.63, 3.8) is 0 Å². The Morgan fingerprint density at radius 1 is 1.41 bits per heavy atom. The molecule has 2 atom stereocenters. The van der Waals surface area contributed by atoms with E-state index in [-0.39, 0.29) is 11.9 Å². The largest absolute Gasteiger partial charge is 0.491 e. The molecule has 0 saturated carbocycles. The van der Waals surface area contributed by atoms with Gasteiger partial charge < -0.3 is 20.3 Å². The van der Waals surface area contributed by atoms with Gasteiger partial charge in [0, 0.05) is 19.1 Å². The van der Waals surface area contributed by atoms with Gasteiger partial charge in [-0.1, -0.05) is 19.1 Å². The number of carbonyl (C=O) groups is 1. The summed E-state index contributed by atoms with van der Waals surface area (Å²) >= 11 is 0. The summed E-state index contributed by atoms with van der Waals surface area (Å²) in [4.78, 5) is 14.6. The van der Waals surface area contributed by atoms with Crippen molar-refractivity contribution >= 4 is 5.91 Å². The molecule has 22 heavy (non-hydrogen) atoms. The highest BCUT2D eigenvalue weighted by atomic mass is 16.5. The van der Waals surface area contributed by atoms with Crippen LogP contribution in [0.2, 0.25) is 0 Å². The summed E-state index contributed by atoms with van der Waals surface area (Å²) in [5.41, 5.74) is 0.610. The van der Waals surface area contributed by atoms with Crippen LogP contribution in [0.5, 0.6) is 5.75 Å². The van der Waals surface area contributed by atoms with Gasteiger partial charge in [-0.3, -0.25) is 4.79 Å². The summed E-state index contributed by atoms with van der Waals surface area (Å²) in [6, 6.07) is 7.62. The van der Waals surface area contributed by atoms with Crippen LogP contribution in [-0.4, -0.2) is 57.2 Å². The van der Waals surface area contributed by atoms with Crippen LogP contribution in [0.1, 0.15) is 23.7 Å². The first-order valence-electron chi connectivity index (χ1n) is 7.96. The number of para-hydroxylation sites is 1. The molecule has 0 spiro atoms. The molecule has 1 amide bonds. The van der Waals surface area contributed by atoms with Crippen LogP contribution in [0.3, 0.4) is 0 Å². The van der Waals surface area contributed by atoms with E-state index in [2.05, 4.69) is 22.5 Å². The lowest BCUT2D eigenvalue weighted by molar-refractivity contribution is 0.0911. The zero-order chi connectivity index (χ0) is 15.9. The smallest absolute Gasteiger partial charge is 0.255 e. The van der Waals surface area contributed by atoms with Crippen LogP contribution in [0.15, 0.2) is 24.3 Å². The quantitative estimate of drug-likeness (QED) is 0.833. The second kappa shape index (κ2) is 8.15. The highest BCUT2D eigenvalue weighted by molar-refractivity contribution is 5.97. The first-order chi connectivity index (χ1) is 10.6. The predicted molar refractivity (Wildman–Crippen MR) is 88.4 cm³/mol. The van der Waals surface area contributed by atoms with Crippen LogP contribution in [0, 0.1) is 5.92 Å². The fourth-order valence-corrected chi connectivity index (χ4v) is 2.55. The Labute approximate surface area is 133 Å². The third-order valence-corrected chi connectivity index (χ3v) is 4.07. The van der Waals surface area contributed by atoms with Gasteiger partial charge in [0.25, 0.3) is 5.91 Å². The second-order valence-electron chi connectivity index (χ2n) is 6.20. The Balaban J connectivity index is 1.99. The van der Waals surface area contributed by atoms with Crippen LogP contribution in [-0.2, 0) is 0 Å². The summed E-state index contributed by atoms with van der Waals surface area (Å²) in [6.45, 7) is 5.43. The van der Waals surface area contributed by atoms with Gasteiger partial charge in [0.1, 0.15) is 12.4 Å². The molecule has 1 aliphatic rings. The fourth-order valence-electron chi connectivity index (χ4n) is 2.55. The minimum atomic E-state index is -0.0546. The Morgan fingerprint density at radius 3 is 2.91 bits per heavy atom. The number of nitrogens with zero attached hydrogens (tertiary/aromatic N) is 1. The Hall–Kier alpha value is -1.59. The molecule has 122 valence electrons. The van der Waals surface area contributed by atoms with Gasteiger partial charge in [0.2, 0.25) is 0 Å². The van der Waals surface area contributed by atoms with Gasteiger partial charge >= 0.3 is 0 Å². The number of carbonyl (C=O) groups excluding carboxylic acids is 1. The molecule has 2 N–H and O–H groups in total. The van der Waals surface area contributed by atoms with Gasteiger partial charge in [-0.25, -0.2) is 0 Å². The lowest BCUT2D eigenvalue weighted by Crippen LogP contribution is -2.50. The van der Waals surface area contributed by atoms with E-state index in [4.69, 9.17) is 4.74 Å². The Bertz CT molecular complexity index is 491. The molecule has 1 fully saturated rings. The number of benzene rings is 1. The fraction of sp³-hybridized carbons (Fsp3) is 0.588. The minimum Gasteiger partial charge on any atom is -0.491 e. The Kier molecular flexibility index (Phi) is 6.21. The van der Waals surface area contributed by atoms with Gasteiger partial charge in [0.15, 0.2) is 0 Å². The molecule has 1 heterocycles. The van der Waals surface area contributed by atoms with E-state index < -0.39 is 0 Å². The lowest BCUT2D eigenvalue weighted by Gasteiger charge is -2.30. The third-order valence-electron chi connectivity index (χ3n) is 4.07. The van der Waals surface area contributed by atoms with E-state index >= 15 is 0 Å². The minimum absolute atomic E-state index is 0.0546. The maximum atomic E-state index is 12.5. The average molecular weight is 305 g/mol. The zero-order valence-corrected chi connectivity index (χ0v) is 13.8. The van der Waals surface area contributed by atoms with E-state index in [1.165, 1.54) is 0 Å². The van der Waals surface area contributed by atoms with Crippen molar-refractivity contribution in [2.45, 2.75) is 19.4 Å². The van der Waals surface area contributed by atoms with Crippen molar-refractivity contribution in [3.8, 4) is 5.75 Å². The molecule has 0 bridgehead atoms. The summed E-state index contributed by atoms with van der Waals surface area (Å²) in [6.07, 6.45) is 1.09. The maximum absolute atomic E-state index is 12.5. The van der Waals surface area contributed by atoms with Crippen LogP contribution >= 0.6 is 0 Å². The van der Waals surface area contributed by atoms with Gasteiger partial charge in [-0.2, -0.15) is 0 Å². The SMILES string of the molecule is CC1CCNCC1NC(=O)c1ccccc1OCCN(C)C. The molecule has 5 nitrogen and oxygen atoms in total. The number of hydrogen-bond donors (Lipinski definition) is 2. The number of rotatable bonds is 6. The summed E-state index contributed by atoms with van der Waals surface area (Å²) in [5, 5.41) is 6.46. The first kappa shape index (κ1) is 16.8. The lowest BCUT2D eigenvalue weighted by atomic mass is 9.94. The average Bonchev–Trinajstić information content (AvgIpc) is 2.49. The molecule has 1 aliphatic heterocycles. The number of amides is 1. The number of piperidine rings is 1. The van der Waals surface area contributed by atoms with E-state index in [1.807, 2.05) is 38.4 Å². The summed E-state index contributed by atoms with van der Waals surface area (Å²) in [5.74, 6) is 1.09. The maximum Gasteiger partial charge on any atom is 0.255 e.